The minimum absolute atomic E-state index is 0.255. The molecule has 0 N–H and O–H groups in total. The lowest BCUT2D eigenvalue weighted by molar-refractivity contribution is -0.00546. The van der Waals surface area contributed by atoms with Crippen molar-refractivity contribution in [3.8, 4) is 0 Å². The van der Waals surface area contributed by atoms with Crippen molar-refractivity contribution >= 4 is 17.4 Å². The molecule has 1 saturated heterocycles. The highest BCUT2D eigenvalue weighted by molar-refractivity contribution is 6.17. The van der Waals surface area contributed by atoms with Crippen LogP contribution in [0.25, 0.3) is 0 Å². The molecule has 88 valence electrons. The number of pyridine rings is 1. The summed E-state index contributed by atoms with van der Waals surface area (Å²) in [6.45, 7) is 5.97. The van der Waals surface area contributed by atoms with Gasteiger partial charge in [-0.05, 0) is 31.5 Å². The predicted molar refractivity (Wildman–Crippen MR) is 66.0 cm³/mol. The molecule has 4 heteroatoms. The fraction of sp³-hybridized carbons (Fsp3) is 0.583. The summed E-state index contributed by atoms with van der Waals surface area (Å²) in [5.41, 5.74) is 1.11. The number of anilines is 1. The first-order chi connectivity index (χ1) is 7.69. The summed E-state index contributed by atoms with van der Waals surface area (Å²) in [7, 11) is 0. The number of ether oxygens (including phenoxy) is 1. The summed E-state index contributed by atoms with van der Waals surface area (Å²) in [5, 5.41) is 0. The van der Waals surface area contributed by atoms with E-state index in [1.807, 2.05) is 12.3 Å². The van der Waals surface area contributed by atoms with Crippen LogP contribution in [0.2, 0.25) is 0 Å². The van der Waals surface area contributed by atoms with Gasteiger partial charge in [-0.15, -0.1) is 11.6 Å². The van der Waals surface area contributed by atoms with Crippen LogP contribution >= 0.6 is 11.6 Å². The van der Waals surface area contributed by atoms with Gasteiger partial charge in [0.2, 0.25) is 0 Å². The SMILES string of the molecule is CC1CN(c2cc(CCl)ccn2)CC(C)O1. The molecule has 1 aromatic rings. The molecule has 0 amide bonds. The Morgan fingerprint density at radius 3 is 2.75 bits per heavy atom. The van der Waals surface area contributed by atoms with Crippen LogP contribution < -0.4 is 4.90 Å². The minimum atomic E-state index is 0.255. The van der Waals surface area contributed by atoms with E-state index in [0.29, 0.717) is 5.88 Å². The fourth-order valence-corrected chi connectivity index (χ4v) is 2.25. The number of hydrogen-bond acceptors (Lipinski definition) is 3. The van der Waals surface area contributed by atoms with Gasteiger partial charge in [0.1, 0.15) is 5.82 Å². The van der Waals surface area contributed by atoms with E-state index in [4.69, 9.17) is 16.3 Å². The summed E-state index contributed by atoms with van der Waals surface area (Å²) in [4.78, 5) is 6.65. The molecule has 1 aromatic heterocycles. The normalized spacial score (nSPS) is 25.8. The Morgan fingerprint density at radius 2 is 2.12 bits per heavy atom. The van der Waals surface area contributed by atoms with E-state index in [2.05, 4.69) is 29.8 Å². The molecule has 0 aromatic carbocycles. The number of halogens is 1. The van der Waals surface area contributed by atoms with Crippen molar-refractivity contribution in [3.05, 3.63) is 23.9 Å². The Morgan fingerprint density at radius 1 is 1.44 bits per heavy atom. The summed E-state index contributed by atoms with van der Waals surface area (Å²) in [6.07, 6.45) is 2.33. The molecule has 2 atom stereocenters. The van der Waals surface area contributed by atoms with E-state index in [9.17, 15) is 0 Å². The van der Waals surface area contributed by atoms with Crippen molar-refractivity contribution in [1.82, 2.24) is 4.98 Å². The van der Waals surface area contributed by atoms with E-state index < -0.39 is 0 Å². The average Bonchev–Trinajstić information content (AvgIpc) is 2.28. The van der Waals surface area contributed by atoms with Crippen LogP contribution in [-0.2, 0) is 10.6 Å². The van der Waals surface area contributed by atoms with Gasteiger partial charge in [-0.3, -0.25) is 0 Å². The number of rotatable bonds is 2. The Balaban J connectivity index is 2.16. The van der Waals surface area contributed by atoms with Crippen molar-refractivity contribution in [2.45, 2.75) is 31.9 Å². The van der Waals surface area contributed by atoms with Crippen molar-refractivity contribution in [3.63, 3.8) is 0 Å². The molecule has 0 spiro atoms. The third-order valence-electron chi connectivity index (χ3n) is 2.71. The molecule has 2 unspecified atom stereocenters. The molecule has 2 rings (SSSR count). The van der Waals surface area contributed by atoms with Crippen LogP contribution in [0, 0.1) is 0 Å². The van der Waals surface area contributed by atoms with Gasteiger partial charge in [-0.25, -0.2) is 4.98 Å². The van der Waals surface area contributed by atoms with Crippen molar-refractivity contribution in [2.24, 2.45) is 0 Å². The topological polar surface area (TPSA) is 25.4 Å². The third kappa shape index (κ3) is 2.66. The molecule has 16 heavy (non-hydrogen) atoms. The molecule has 0 bridgehead atoms. The van der Waals surface area contributed by atoms with Crippen LogP contribution in [0.1, 0.15) is 19.4 Å². The molecule has 1 aliphatic heterocycles. The van der Waals surface area contributed by atoms with E-state index in [-0.39, 0.29) is 12.2 Å². The van der Waals surface area contributed by atoms with Crippen LogP contribution in [0.5, 0.6) is 0 Å². The van der Waals surface area contributed by atoms with E-state index in [1.165, 1.54) is 0 Å². The number of nitrogens with zero attached hydrogens (tertiary/aromatic N) is 2. The quantitative estimate of drug-likeness (QED) is 0.743. The van der Waals surface area contributed by atoms with Crippen molar-refractivity contribution in [1.29, 1.82) is 0 Å². The molecule has 1 fully saturated rings. The smallest absolute Gasteiger partial charge is 0.128 e. The second-order valence-electron chi connectivity index (χ2n) is 4.32. The van der Waals surface area contributed by atoms with Gasteiger partial charge < -0.3 is 9.64 Å². The minimum Gasteiger partial charge on any atom is -0.372 e. The Hall–Kier alpha value is -0.800. The third-order valence-corrected chi connectivity index (χ3v) is 3.02. The van der Waals surface area contributed by atoms with Gasteiger partial charge in [0, 0.05) is 25.2 Å². The van der Waals surface area contributed by atoms with Crippen molar-refractivity contribution < 1.29 is 4.74 Å². The lowest BCUT2D eigenvalue weighted by Gasteiger charge is -2.36. The highest BCUT2D eigenvalue weighted by Gasteiger charge is 2.22. The molecule has 1 aliphatic rings. The highest BCUT2D eigenvalue weighted by atomic mass is 35.5. The van der Waals surface area contributed by atoms with Gasteiger partial charge in [0.25, 0.3) is 0 Å². The average molecular weight is 241 g/mol. The van der Waals surface area contributed by atoms with E-state index >= 15 is 0 Å². The Labute approximate surface area is 101 Å². The molecule has 0 radical (unpaired) electrons. The summed E-state index contributed by atoms with van der Waals surface area (Å²) in [6, 6.07) is 4.00. The Bertz CT molecular complexity index is 349. The zero-order chi connectivity index (χ0) is 11.5. The molecular formula is C12H17ClN2O. The number of alkyl halides is 1. The zero-order valence-electron chi connectivity index (χ0n) is 9.69. The fourth-order valence-electron chi connectivity index (χ4n) is 2.08. The largest absolute Gasteiger partial charge is 0.372 e. The lowest BCUT2D eigenvalue weighted by atomic mass is 10.2. The van der Waals surface area contributed by atoms with Gasteiger partial charge in [-0.1, -0.05) is 0 Å². The maximum atomic E-state index is 5.82. The first-order valence-electron chi connectivity index (χ1n) is 5.60. The molecule has 0 saturated carbocycles. The van der Waals surface area contributed by atoms with Gasteiger partial charge in [-0.2, -0.15) is 0 Å². The first-order valence-corrected chi connectivity index (χ1v) is 6.14. The van der Waals surface area contributed by atoms with Gasteiger partial charge >= 0.3 is 0 Å². The van der Waals surface area contributed by atoms with Crippen LogP contribution in [-0.4, -0.2) is 30.3 Å². The molecule has 0 aliphatic carbocycles. The number of aromatic nitrogens is 1. The summed E-state index contributed by atoms with van der Waals surface area (Å²) >= 11 is 5.82. The maximum Gasteiger partial charge on any atom is 0.128 e. The standard InChI is InChI=1S/C12H17ClN2O/c1-9-7-15(8-10(2)16-9)12-5-11(6-13)3-4-14-12/h3-5,9-10H,6-8H2,1-2H3. The van der Waals surface area contributed by atoms with Crippen LogP contribution in [0.15, 0.2) is 18.3 Å². The van der Waals surface area contributed by atoms with Gasteiger partial charge in [0.15, 0.2) is 0 Å². The second-order valence-corrected chi connectivity index (χ2v) is 4.59. The lowest BCUT2D eigenvalue weighted by Crippen LogP contribution is -2.45. The van der Waals surface area contributed by atoms with Crippen LogP contribution in [0.4, 0.5) is 5.82 Å². The van der Waals surface area contributed by atoms with Crippen molar-refractivity contribution in [2.75, 3.05) is 18.0 Å². The molecule has 2 heterocycles. The maximum absolute atomic E-state index is 5.82. The van der Waals surface area contributed by atoms with Gasteiger partial charge in [0.05, 0.1) is 12.2 Å². The molecular weight excluding hydrogens is 224 g/mol. The summed E-state index contributed by atoms with van der Waals surface area (Å²) < 4.78 is 5.70. The molecule has 3 nitrogen and oxygen atoms in total. The Kier molecular flexibility index (Phi) is 3.66. The number of morpholine rings is 1. The van der Waals surface area contributed by atoms with Crippen LogP contribution in [0.3, 0.4) is 0 Å². The first kappa shape index (κ1) is 11.7. The predicted octanol–water partition coefficient (Wildman–Crippen LogP) is 2.43. The highest BCUT2D eigenvalue weighted by Crippen LogP contribution is 2.19. The zero-order valence-corrected chi connectivity index (χ0v) is 10.4. The summed E-state index contributed by atoms with van der Waals surface area (Å²) in [5.74, 6) is 1.53. The van der Waals surface area contributed by atoms with E-state index in [1.54, 1.807) is 0 Å². The second kappa shape index (κ2) is 5.02. The van der Waals surface area contributed by atoms with E-state index in [0.717, 1.165) is 24.5 Å². The number of hydrogen-bond donors (Lipinski definition) is 0. The monoisotopic (exact) mass is 240 g/mol.